The number of morpholine rings is 1. The molecule has 0 bridgehead atoms. The van der Waals surface area contributed by atoms with Gasteiger partial charge >= 0.3 is 0 Å². The fourth-order valence-electron chi connectivity index (χ4n) is 4.02. The fourth-order valence-corrected chi connectivity index (χ4v) is 4.98. The number of para-hydroxylation sites is 1. The molecular formula is C25H27N5O3S. The normalized spacial score (nSPS) is 15.6. The quantitative estimate of drug-likeness (QED) is 0.278. The third-order valence-electron chi connectivity index (χ3n) is 5.88. The van der Waals surface area contributed by atoms with E-state index in [1.807, 2.05) is 61.5 Å². The molecule has 0 radical (unpaired) electrons. The highest BCUT2D eigenvalue weighted by Crippen LogP contribution is 2.34. The monoisotopic (exact) mass is 477 g/mol. The third-order valence-corrected chi connectivity index (χ3v) is 6.96. The Bertz CT molecular complexity index is 1300. The summed E-state index contributed by atoms with van der Waals surface area (Å²) in [5, 5.41) is 9.60. The molecule has 1 fully saturated rings. The van der Waals surface area contributed by atoms with Crippen molar-refractivity contribution in [3.8, 4) is 11.5 Å². The van der Waals surface area contributed by atoms with Gasteiger partial charge < -0.3 is 9.15 Å². The molecule has 0 N–H and O–H groups in total. The second kappa shape index (κ2) is 10.5. The van der Waals surface area contributed by atoms with Crippen LogP contribution in [0, 0.1) is 0 Å². The van der Waals surface area contributed by atoms with E-state index in [4.69, 9.17) is 14.1 Å². The lowest BCUT2D eigenvalue weighted by Gasteiger charge is -2.26. The predicted molar refractivity (Wildman–Crippen MR) is 132 cm³/mol. The van der Waals surface area contributed by atoms with Crippen LogP contribution in [-0.2, 0) is 11.3 Å². The van der Waals surface area contributed by atoms with Crippen molar-refractivity contribution in [3.63, 3.8) is 0 Å². The van der Waals surface area contributed by atoms with E-state index < -0.39 is 0 Å². The summed E-state index contributed by atoms with van der Waals surface area (Å²) in [6.45, 7) is 6.92. The van der Waals surface area contributed by atoms with Crippen molar-refractivity contribution in [2.75, 3.05) is 32.8 Å². The largest absolute Gasteiger partial charge is 0.419 e. The second-order valence-corrected chi connectivity index (χ2v) is 9.56. The summed E-state index contributed by atoms with van der Waals surface area (Å²) in [5.41, 5.74) is 1.56. The second-order valence-electron chi connectivity index (χ2n) is 8.25. The fraction of sp³-hybridized carbons (Fsp3) is 0.360. The van der Waals surface area contributed by atoms with Gasteiger partial charge in [0, 0.05) is 31.7 Å². The first kappa shape index (κ1) is 22.8. The number of benzene rings is 2. The van der Waals surface area contributed by atoms with Crippen LogP contribution >= 0.6 is 11.8 Å². The molecule has 8 nitrogen and oxygen atoms in total. The van der Waals surface area contributed by atoms with Gasteiger partial charge in [-0.15, -0.1) is 10.2 Å². The molecule has 3 heterocycles. The van der Waals surface area contributed by atoms with Crippen LogP contribution in [0.25, 0.3) is 22.4 Å². The zero-order valence-electron chi connectivity index (χ0n) is 19.1. The maximum absolute atomic E-state index is 13.4. The number of ether oxygens (including phenoxy) is 1. The van der Waals surface area contributed by atoms with Crippen molar-refractivity contribution in [3.05, 3.63) is 70.8 Å². The minimum absolute atomic E-state index is 0.0159. The average Bonchev–Trinajstić information content (AvgIpc) is 3.38. The average molecular weight is 478 g/mol. The minimum Gasteiger partial charge on any atom is -0.419 e. The van der Waals surface area contributed by atoms with Crippen molar-refractivity contribution < 1.29 is 9.15 Å². The van der Waals surface area contributed by atoms with Crippen LogP contribution in [0.3, 0.4) is 0 Å². The Morgan fingerprint density at radius 3 is 2.59 bits per heavy atom. The first-order valence-electron chi connectivity index (χ1n) is 11.5. The number of rotatable bonds is 8. The molecule has 2 aromatic carbocycles. The number of aromatic nitrogens is 4. The van der Waals surface area contributed by atoms with Crippen molar-refractivity contribution in [1.29, 1.82) is 0 Å². The summed E-state index contributed by atoms with van der Waals surface area (Å²) in [5.74, 6) is 0.989. The summed E-state index contributed by atoms with van der Waals surface area (Å²) in [6.07, 6.45) is 0.862. The van der Waals surface area contributed by atoms with E-state index in [1.165, 1.54) is 11.8 Å². The summed E-state index contributed by atoms with van der Waals surface area (Å²) >= 11 is 1.47. The molecule has 4 aromatic rings. The number of fused-ring (bicyclic) bond motifs is 1. The molecule has 0 aliphatic carbocycles. The van der Waals surface area contributed by atoms with Gasteiger partial charge in [0.15, 0.2) is 5.16 Å². The first-order chi connectivity index (χ1) is 16.7. The molecule has 0 amide bonds. The molecule has 2 aromatic heterocycles. The van der Waals surface area contributed by atoms with Crippen LogP contribution in [-0.4, -0.2) is 57.5 Å². The third kappa shape index (κ3) is 5.06. The van der Waals surface area contributed by atoms with Gasteiger partial charge in [0.05, 0.1) is 29.4 Å². The van der Waals surface area contributed by atoms with Gasteiger partial charge in [-0.25, -0.2) is 4.98 Å². The molecule has 176 valence electrons. The SMILES string of the molecule is C[C@@H](Sc1nc2ccccc2c(=O)n1CCCN1CCOCC1)c1nnc(-c2ccccc2)o1. The van der Waals surface area contributed by atoms with E-state index in [9.17, 15) is 4.79 Å². The van der Waals surface area contributed by atoms with Crippen molar-refractivity contribution in [2.24, 2.45) is 0 Å². The summed E-state index contributed by atoms with van der Waals surface area (Å²) in [6, 6.07) is 17.2. The van der Waals surface area contributed by atoms with Crippen LogP contribution in [0.1, 0.15) is 24.5 Å². The van der Waals surface area contributed by atoms with E-state index in [-0.39, 0.29) is 10.8 Å². The number of hydrogen-bond donors (Lipinski definition) is 0. The Morgan fingerprint density at radius 2 is 1.76 bits per heavy atom. The molecule has 0 saturated carbocycles. The van der Waals surface area contributed by atoms with Crippen LogP contribution in [0.2, 0.25) is 0 Å². The van der Waals surface area contributed by atoms with Gasteiger partial charge in [-0.05, 0) is 37.6 Å². The van der Waals surface area contributed by atoms with E-state index in [2.05, 4.69) is 15.1 Å². The summed E-state index contributed by atoms with van der Waals surface area (Å²) in [4.78, 5) is 20.6. The van der Waals surface area contributed by atoms with Crippen LogP contribution in [0.4, 0.5) is 0 Å². The molecule has 5 rings (SSSR count). The Balaban J connectivity index is 1.38. The molecular weight excluding hydrogens is 450 g/mol. The Hall–Kier alpha value is -3.01. The van der Waals surface area contributed by atoms with Crippen LogP contribution < -0.4 is 5.56 Å². The highest BCUT2D eigenvalue weighted by Gasteiger charge is 2.20. The number of nitrogens with zero attached hydrogens (tertiary/aromatic N) is 5. The van der Waals surface area contributed by atoms with Crippen LogP contribution in [0.5, 0.6) is 0 Å². The van der Waals surface area contributed by atoms with E-state index in [0.717, 1.165) is 44.8 Å². The lowest BCUT2D eigenvalue weighted by molar-refractivity contribution is 0.0368. The highest BCUT2D eigenvalue weighted by atomic mass is 32.2. The standard InChI is InChI=1S/C25H27N5O3S/c1-18(22-27-28-23(33-22)19-8-3-2-4-9-19)34-25-26-21-11-6-5-10-20(21)24(31)30(25)13-7-12-29-14-16-32-17-15-29/h2-6,8-11,18H,7,12-17H2,1H3/t18-/m1/s1. The van der Waals surface area contributed by atoms with Crippen molar-refractivity contribution in [2.45, 2.75) is 30.3 Å². The summed E-state index contributed by atoms with van der Waals surface area (Å²) < 4.78 is 13.2. The Kier molecular flexibility index (Phi) is 7.03. The smallest absolute Gasteiger partial charge is 0.262 e. The van der Waals surface area contributed by atoms with Crippen molar-refractivity contribution in [1.82, 2.24) is 24.6 Å². The van der Waals surface area contributed by atoms with Gasteiger partial charge in [0.2, 0.25) is 11.8 Å². The molecule has 0 spiro atoms. The zero-order chi connectivity index (χ0) is 23.3. The zero-order valence-corrected chi connectivity index (χ0v) is 19.9. The van der Waals surface area contributed by atoms with Crippen LogP contribution in [0.15, 0.2) is 69.0 Å². The maximum atomic E-state index is 13.4. The van der Waals surface area contributed by atoms with Gasteiger partial charge in [0.1, 0.15) is 0 Å². The highest BCUT2D eigenvalue weighted by molar-refractivity contribution is 7.99. The molecule has 34 heavy (non-hydrogen) atoms. The molecule has 0 unspecified atom stereocenters. The Morgan fingerprint density at radius 1 is 1.00 bits per heavy atom. The molecule has 1 atom stereocenters. The minimum atomic E-state index is -0.163. The number of hydrogen-bond acceptors (Lipinski definition) is 8. The molecule has 1 aliphatic heterocycles. The topological polar surface area (TPSA) is 86.3 Å². The molecule has 1 aliphatic rings. The van der Waals surface area contributed by atoms with Gasteiger partial charge in [-0.1, -0.05) is 42.1 Å². The summed E-state index contributed by atoms with van der Waals surface area (Å²) in [7, 11) is 0. The predicted octanol–water partition coefficient (Wildman–Crippen LogP) is 4.02. The van der Waals surface area contributed by atoms with Gasteiger partial charge in [0.25, 0.3) is 5.56 Å². The lowest BCUT2D eigenvalue weighted by Crippen LogP contribution is -2.37. The Labute approximate surface area is 202 Å². The maximum Gasteiger partial charge on any atom is 0.262 e. The molecule has 9 heteroatoms. The van der Waals surface area contributed by atoms with Crippen molar-refractivity contribution >= 4 is 22.7 Å². The number of thioether (sulfide) groups is 1. The lowest BCUT2D eigenvalue weighted by atomic mass is 10.2. The van der Waals surface area contributed by atoms with E-state index in [0.29, 0.717) is 34.4 Å². The van der Waals surface area contributed by atoms with Gasteiger partial charge in [-0.2, -0.15) is 0 Å². The molecule has 1 saturated heterocycles. The first-order valence-corrected chi connectivity index (χ1v) is 12.4. The van der Waals surface area contributed by atoms with E-state index in [1.54, 1.807) is 4.57 Å². The van der Waals surface area contributed by atoms with E-state index >= 15 is 0 Å². The van der Waals surface area contributed by atoms with Gasteiger partial charge in [-0.3, -0.25) is 14.3 Å².